The molecular weight excluding hydrogens is 488 g/mol. The lowest BCUT2D eigenvalue weighted by molar-refractivity contribution is 0.594. The minimum atomic E-state index is -0.749. The van der Waals surface area contributed by atoms with E-state index in [1.165, 1.54) is 24.3 Å². The van der Waals surface area contributed by atoms with Gasteiger partial charge in [-0.3, -0.25) is 0 Å². The molecule has 0 aromatic heterocycles. The third kappa shape index (κ3) is 4.45. The van der Waals surface area contributed by atoms with E-state index in [4.69, 9.17) is 23.2 Å². The first-order valence-electron chi connectivity index (χ1n) is 10.8. The Morgan fingerprint density at radius 1 is 0.400 bits per heavy atom. The molecule has 5 heteroatoms. The second-order valence-electron chi connectivity index (χ2n) is 8.02. The van der Waals surface area contributed by atoms with Crippen molar-refractivity contribution in [3.63, 3.8) is 0 Å². The summed E-state index contributed by atoms with van der Waals surface area (Å²) in [6.07, 6.45) is 0. The van der Waals surface area contributed by atoms with Crippen LogP contribution in [0, 0.1) is 17.5 Å². The molecular formula is C30H17Cl2F3. The van der Waals surface area contributed by atoms with Crippen LogP contribution in [0.3, 0.4) is 0 Å². The maximum atomic E-state index is 16.5. The highest BCUT2D eigenvalue weighted by Gasteiger charge is 2.28. The van der Waals surface area contributed by atoms with Crippen LogP contribution in [0.15, 0.2) is 103 Å². The van der Waals surface area contributed by atoms with Crippen LogP contribution in [0.25, 0.3) is 44.5 Å². The molecule has 0 atom stereocenters. The third-order valence-electron chi connectivity index (χ3n) is 5.82. The maximum absolute atomic E-state index is 16.5. The molecule has 0 N–H and O–H groups in total. The molecule has 0 amide bonds. The summed E-state index contributed by atoms with van der Waals surface area (Å²) in [6.45, 7) is 0. The van der Waals surface area contributed by atoms with Crippen LogP contribution >= 0.6 is 23.2 Å². The lowest BCUT2D eigenvalue weighted by Crippen LogP contribution is -2.02. The van der Waals surface area contributed by atoms with E-state index in [0.717, 1.165) is 0 Å². The summed E-state index contributed by atoms with van der Waals surface area (Å²) in [5, 5.41) is 0.867. The van der Waals surface area contributed by atoms with E-state index in [1.807, 2.05) is 6.07 Å². The zero-order chi connectivity index (χ0) is 24.5. The molecule has 5 rings (SSSR count). The van der Waals surface area contributed by atoms with Gasteiger partial charge in [0.25, 0.3) is 0 Å². The van der Waals surface area contributed by atoms with Gasteiger partial charge in [-0.05, 0) is 58.7 Å². The van der Waals surface area contributed by atoms with E-state index in [1.54, 1.807) is 72.8 Å². The van der Waals surface area contributed by atoms with E-state index in [0.29, 0.717) is 37.9 Å². The molecule has 5 aromatic carbocycles. The first-order chi connectivity index (χ1) is 16.9. The Balaban J connectivity index is 1.98. The lowest BCUT2D eigenvalue weighted by Gasteiger charge is -2.22. The highest BCUT2D eigenvalue weighted by molar-refractivity contribution is 6.31. The normalized spacial score (nSPS) is 11.0. The highest BCUT2D eigenvalue weighted by Crippen LogP contribution is 2.47. The van der Waals surface area contributed by atoms with E-state index >= 15 is 8.78 Å². The van der Waals surface area contributed by atoms with Crippen LogP contribution in [0.4, 0.5) is 13.2 Å². The molecule has 5 aromatic rings. The fourth-order valence-electron chi connectivity index (χ4n) is 4.26. The van der Waals surface area contributed by atoms with Gasteiger partial charge >= 0.3 is 0 Å². The molecule has 0 bridgehead atoms. The van der Waals surface area contributed by atoms with E-state index in [2.05, 4.69) is 0 Å². The van der Waals surface area contributed by atoms with Crippen molar-refractivity contribution >= 4 is 23.2 Å². The molecule has 35 heavy (non-hydrogen) atoms. The molecule has 0 nitrogen and oxygen atoms in total. The van der Waals surface area contributed by atoms with Crippen LogP contribution in [0.2, 0.25) is 10.0 Å². The fourth-order valence-corrected chi connectivity index (χ4v) is 4.57. The number of rotatable bonds is 4. The van der Waals surface area contributed by atoms with Crippen molar-refractivity contribution in [1.29, 1.82) is 0 Å². The topological polar surface area (TPSA) is 0 Å². The zero-order valence-corrected chi connectivity index (χ0v) is 19.7. The van der Waals surface area contributed by atoms with Crippen molar-refractivity contribution in [2.45, 2.75) is 0 Å². The summed E-state index contributed by atoms with van der Waals surface area (Å²) in [4.78, 5) is 0. The van der Waals surface area contributed by atoms with Crippen LogP contribution in [-0.2, 0) is 0 Å². The van der Waals surface area contributed by atoms with E-state index in [9.17, 15) is 4.39 Å². The molecule has 0 aliphatic rings. The van der Waals surface area contributed by atoms with Crippen LogP contribution in [0.1, 0.15) is 0 Å². The molecule has 0 aliphatic heterocycles. The Morgan fingerprint density at radius 2 is 0.914 bits per heavy atom. The average Bonchev–Trinajstić information content (AvgIpc) is 2.86. The molecule has 0 saturated carbocycles. The summed E-state index contributed by atoms with van der Waals surface area (Å²) < 4.78 is 46.7. The summed E-state index contributed by atoms with van der Waals surface area (Å²) in [5.74, 6) is -1.93. The molecule has 0 unspecified atom stereocenters. The first kappa shape index (κ1) is 23.2. The molecule has 172 valence electrons. The van der Waals surface area contributed by atoms with Crippen LogP contribution in [0.5, 0.6) is 0 Å². The van der Waals surface area contributed by atoms with Gasteiger partial charge < -0.3 is 0 Å². The molecule has 0 spiro atoms. The fraction of sp³-hybridized carbons (Fsp3) is 0. The highest BCUT2D eigenvalue weighted by atomic mass is 35.5. The smallest absolute Gasteiger partial charge is 0.142 e. The van der Waals surface area contributed by atoms with Crippen LogP contribution in [-0.4, -0.2) is 0 Å². The predicted molar refractivity (Wildman–Crippen MR) is 138 cm³/mol. The quantitative estimate of drug-likeness (QED) is 0.228. The Morgan fingerprint density at radius 3 is 1.54 bits per heavy atom. The van der Waals surface area contributed by atoms with Crippen molar-refractivity contribution in [3.05, 3.63) is 131 Å². The maximum Gasteiger partial charge on any atom is 0.142 e. The van der Waals surface area contributed by atoms with Gasteiger partial charge in [0, 0.05) is 26.7 Å². The van der Waals surface area contributed by atoms with Gasteiger partial charge in [0.15, 0.2) is 0 Å². The van der Waals surface area contributed by atoms with Crippen LogP contribution < -0.4 is 0 Å². The molecule has 0 fully saturated rings. The van der Waals surface area contributed by atoms with Gasteiger partial charge in [0.05, 0.1) is 5.56 Å². The average molecular weight is 505 g/mol. The van der Waals surface area contributed by atoms with E-state index in [-0.39, 0.29) is 16.7 Å². The minimum Gasteiger partial charge on any atom is -0.207 e. The van der Waals surface area contributed by atoms with Crippen molar-refractivity contribution in [3.8, 4) is 44.5 Å². The summed E-state index contributed by atoms with van der Waals surface area (Å²) in [6, 6.07) is 27.6. The molecule has 0 aliphatic carbocycles. The van der Waals surface area contributed by atoms with Gasteiger partial charge in [0.2, 0.25) is 0 Å². The Kier molecular flexibility index (Phi) is 6.38. The lowest BCUT2D eigenvalue weighted by atomic mass is 9.83. The molecule has 0 saturated heterocycles. The second-order valence-corrected chi connectivity index (χ2v) is 8.89. The van der Waals surface area contributed by atoms with Crippen molar-refractivity contribution in [2.75, 3.05) is 0 Å². The standard InChI is InChI=1S/C30H17Cl2F3/c31-22-13-9-20(10-14-22)28-29(34)26(19-11-15-24(33)16-12-19)25(18-5-2-1-3-6-18)27(30(28)35)21-7-4-8-23(32)17-21/h1-17H. The summed E-state index contributed by atoms with van der Waals surface area (Å²) in [7, 11) is 0. The summed E-state index contributed by atoms with van der Waals surface area (Å²) in [5.41, 5.74) is 2.37. The van der Waals surface area contributed by atoms with Crippen molar-refractivity contribution in [1.82, 2.24) is 0 Å². The summed E-state index contributed by atoms with van der Waals surface area (Å²) >= 11 is 12.3. The van der Waals surface area contributed by atoms with Crippen molar-refractivity contribution in [2.24, 2.45) is 0 Å². The zero-order valence-electron chi connectivity index (χ0n) is 18.2. The minimum absolute atomic E-state index is 0.164. The first-order valence-corrected chi connectivity index (χ1v) is 11.6. The van der Waals surface area contributed by atoms with Gasteiger partial charge in [-0.1, -0.05) is 89.9 Å². The van der Waals surface area contributed by atoms with Gasteiger partial charge in [0.1, 0.15) is 17.5 Å². The Hall–Kier alpha value is -3.53. The molecule has 0 radical (unpaired) electrons. The molecule has 0 heterocycles. The largest absolute Gasteiger partial charge is 0.207 e. The number of hydrogen-bond acceptors (Lipinski definition) is 0. The van der Waals surface area contributed by atoms with Gasteiger partial charge in [-0.2, -0.15) is 0 Å². The monoisotopic (exact) mass is 504 g/mol. The predicted octanol–water partition coefficient (Wildman–Crippen LogP) is 10.1. The van der Waals surface area contributed by atoms with Crippen molar-refractivity contribution < 1.29 is 13.2 Å². The number of benzene rings is 5. The van der Waals surface area contributed by atoms with Gasteiger partial charge in [-0.25, -0.2) is 13.2 Å². The van der Waals surface area contributed by atoms with Gasteiger partial charge in [-0.15, -0.1) is 0 Å². The third-order valence-corrected chi connectivity index (χ3v) is 6.31. The SMILES string of the molecule is Fc1ccc(-c2c(F)c(-c3ccc(Cl)cc3)c(F)c(-c3cccc(Cl)c3)c2-c2ccccc2)cc1. The second kappa shape index (κ2) is 9.61. The van der Waals surface area contributed by atoms with E-state index < -0.39 is 17.5 Å². The number of hydrogen-bond donors (Lipinski definition) is 0. The Bertz CT molecular complexity index is 1510. The Labute approximate surface area is 211 Å². The number of halogens is 5.